The van der Waals surface area contributed by atoms with E-state index in [-0.39, 0.29) is 33.6 Å². The smallest absolute Gasteiger partial charge is 0.340 e. The van der Waals surface area contributed by atoms with Crippen LogP contribution in [0.25, 0.3) is 0 Å². The number of carbonyl (C=O) groups is 5. The molecule has 0 spiro atoms. The third kappa shape index (κ3) is 3.67. The molecule has 0 radical (unpaired) electrons. The average molecular weight is 613 g/mol. The van der Waals surface area contributed by atoms with Crippen molar-refractivity contribution in [1.82, 2.24) is 0 Å². The lowest BCUT2D eigenvalue weighted by Gasteiger charge is -2.31. The number of nitrogens with zero attached hydrogens (tertiary/aromatic N) is 2. The van der Waals surface area contributed by atoms with Crippen molar-refractivity contribution in [3.05, 3.63) is 165 Å². The largest absolute Gasteiger partial charge is 0.441 e. The van der Waals surface area contributed by atoms with Gasteiger partial charge in [-0.25, -0.2) is 23.4 Å². The molecule has 3 heterocycles. The van der Waals surface area contributed by atoms with Crippen molar-refractivity contribution in [3.8, 4) is 0 Å². The zero-order valence-corrected chi connectivity index (χ0v) is 23.5. The van der Waals surface area contributed by atoms with Crippen LogP contribution in [0, 0.1) is 11.6 Å². The lowest BCUT2D eigenvalue weighted by molar-refractivity contribution is 0.0251. The number of carbonyl (C=O) groups excluding carboxylic acids is 5. The molecule has 0 unspecified atom stereocenters. The van der Waals surface area contributed by atoms with Gasteiger partial charge in [-0.3, -0.25) is 19.2 Å². The number of halogens is 2. The van der Waals surface area contributed by atoms with Crippen molar-refractivity contribution in [2.45, 2.75) is 5.60 Å². The first-order valence-electron chi connectivity index (χ1n) is 14.1. The van der Waals surface area contributed by atoms with E-state index >= 15 is 0 Å². The molecule has 0 atom stereocenters. The third-order valence-corrected chi connectivity index (χ3v) is 8.53. The van der Waals surface area contributed by atoms with Gasteiger partial charge in [-0.05, 0) is 66.7 Å². The molecule has 10 heteroatoms. The summed E-state index contributed by atoms with van der Waals surface area (Å²) in [5.41, 5.74) is 0.959. The number of amides is 4. The fourth-order valence-corrected chi connectivity index (χ4v) is 6.40. The zero-order chi connectivity index (χ0) is 31.9. The minimum absolute atomic E-state index is 0.0347. The molecule has 0 N–H and O–H groups in total. The van der Waals surface area contributed by atoms with E-state index in [1.807, 2.05) is 0 Å². The van der Waals surface area contributed by atoms with Gasteiger partial charge in [0, 0.05) is 16.7 Å². The van der Waals surface area contributed by atoms with Crippen molar-refractivity contribution >= 4 is 41.0 Å². The summed E-state index contributed by atoms with van der Waals surface area (Å²) in [6.07, 6.45) is 0. The monoisotopic (exact) mass is 612 g/mol. The minimum atomic E-state index is -1.47. The van der Waals surface area contributed by atoms with Crippen LogP contribution in [0.2, 0.25) is 0 Å². The Hall–Kier alpha value is -6.29. The number of imide groups is 2. The van der Waals surface area contributed by atoms with Crippen molar-refractivity contribution < 1.29 is 37.5 Å². The molecule has 0 aromatic heterocycles. The maximum Gasteiger partial charge on any atom is 0.340 e. The molecule has 8 nitrogen and oxygen atoms in total. The Kier molecular flexibility index (Phi) is 5.69. The number of anilines is 2. The highest BCUT2D eigenvalue weighted by atomic mass is 19.1. The Balaban J connectivity index is 1.19. The maximum atomic E-state index is 13.8. The molecule has 0 bridgehead atoms. The third-order valence-electron chi connectivity index (χ3n) is 8.53. The van der Waals surface area contributed by atoms with Gasteiger partial charge < -0.3 is 4.74 Å². The molecule has 0 fully saturated rings. The molecule has 3 aliphatic heterocycles. The summed E-state index contributed by atoms with van der Waals surface area (Å²) in [6, 6.07) is 26.3. The summed E-state index contributed by atoms with van der Waals surface area (Å²) in [5.74, 6) is -4.35. The van der Waals surface area contributed by atoms with Crippen LogP contribution >= 0.6 is 0 Å². The molecule has 5 aromatic rings. The van der Waals surface area contributed by atoms with Crippen molar-refractivity contribution in [2.75, 3.05) is 9.80 Å². The number of fused-ring (bicyclic) bond motifs is 3. The van der Waals surface area contributed by atoms with Gasteiger partial charge in [-0.15, -0.1) is 0 Å². The Bertz CT molecular complexity index is 2090. The highest BCUT2D eigenvalue weighted by Crippen LogP contribution is 2.48. The van der Waals surface area contributed by atoms with E-state index in [1.54, 1.807) is 48.5 Å². The van der Waals surface area contributed by atoms with E-state index in [2.05, 4.69) is 0 Å². The van der Waals surface area contributed by atoms with E-state index in [0.29, 0.717) is 22.3 Å². The average Bonchev–Trinajstić information content (AvgIpc) is 3.60. The Labute approximate surface area is 259 Å². The molecule has 8 rings (SSSR count). The molecular weight excluding hydrogens is 594 g/mol. The molecule has 222 valence electrons. The van der Waals surface area contributed by atoms with E-state index in [0.717, 1.165) is 34.1 Å². The SMILES string of the molecule is O=C1OC(c2ccc(N3C(=O)c4ccc(F)cc4C3=O)cc2)(c2ccc(N3C(=O)c4ccc(F)cc4C3=O)cc2)c2ccccc21. The highest BCUT2D eigenvalue weighted by Gasteiger charge is 2.49. The van der Waals surface area contributed by atoms with Crippen LogP contribution in [-0.2, 0) is 10.3 Å². The van der Waals surface area contributed by atoms with Gasteiger partial charge in [0.1, 0.15) is 11.6 Å². The van der Waals surface area contributed by atoms with Gasteiger partial charge in [0.15, 0.2) is 5.60 Å². The molecule has 46 heavy (non-hydrogen) atoms. The topological polar surface area (TPSA) is 101 Å². The molecular formula is C36H18F2N2O6. The van der Waals surface area contributed by atoms with Gasteiger partial charge in [-0.1, -0.05) is 42.5 Å². The summed E-state index contributed by atoms with van der Waals surface area (Å²) in [6.45, 7) is 0. The predicted octanol–water partition coefficient (Wildman–Crippen LogP) is 6.03. The Morgan fingerprint density at radius 2 is 0.913 bits per heavy atom. The highest BCUT2D eigenvalue weighted by molar-refractivity contribution is 6.35. The van der Waals surface area contributed by atoms with Crippen LogP contribution in [-0.4, -0.2) is 29.6 Å². The zero-order valence-electron chi connectivity index (χ0n) is 23.5. The molecule has 3 aliphatic rings. The van der Waals surface area contributed by atoms with Crippen LogP contribution in [0.1, 0.15) is 68.5 Å². The normalized spacial score (nSPS) is 16.1. The fourth-order valence-electron chi connectivity index (χ4n) is 6.40. The second-order valence-electron chi connectivity index (χ2n) is 11.0. The van der Waals surface area contributed by atoms with Gasteiger partial charge in [-0.2, -0.15) is 0 Å². The predicted molar refractivity (Wildman–Crippen MR) is 160 cm³/mol. The van der Waals surface area contributed by atoms with Gasteiger partial charge >= 0.3 is 5.97 Å². The van der Waals surface area contributed by atoms with E-state index in [9.17, 15) is 32.8 Å². The van der Waals surface area contributed by atoms with Crippen molar-refractivity contribution in [2.24, 2.45) is 0 Å². The lowest BCUT2D eigenvalue weighted by atomic mass is 9.80. The molecule has 4 amide bonds. The number of ether oxygens (including phenoxy) is 1. The first-order valence-corrected chi connectivity index (χ1v) is 14.1. The fraction of sp³-hybridized carbons (Fsp3) is 0.0278. The van der Waals surface area contributed by atoms with Crippen LogP contribution in [0.15, 0.2) is 109 Å². The van der Waals surface area contributed by atoms with Crippen LogP contribution < -0.4 is 9.80 Å². The van der Waals surface area contributed by atoms with Gasteiger partial charge in [0.25, 0.3) is 23.6 Å². The second-order valence-corrected chi connectivity index (χ2v) is 11.0. The van der Waals surface area contributed by atoms with Crippen LogP contribution in [0.4, 0.5) is 20.2 Å². The number of esters is 1. The standard InChI is InChI=1S/C36H18F2N2O6/c37-21-9-15-25-28(17-21)33(43)39(31(25)41)23-11-5-19(6-12-23)36(30-4-2-1-3-27(30)35(45)46-36)20-7-13-24(14-8-20)40-32(42)26-16-10-22(38)18-29(26)34(40)44/h1-18H. The number of cyclic esters (lactones) is 1. The number of hydrogen-bond acceptors (Lipinski definition) is 6. The Morgan fingerprint density at radius 1 is 0.478 bits per heavy atom. The number of rotatable bonds is 4. The summed E-state index contributed by atoms with van der Waals surface area (Å²) >= 11 is 0. The van der Waals surface area contributed by atoms with E-state index < -0.39 is 46.8 Å². The van der Waals surface area contributed by atoms with Crippen LogP contribution in [0.3, 0.4) is 0 Å². The quantitative estimate of drug-likeness (QED) is 0.182. The summed E-state index contributed by atoms with van der Waals surface area (Å²) in [4.78, 5) is 67.4. The van der Waals surface area contributed by atoms with Gasteiger partial charge in [0.05, 0.1) is 39.2 Å². The van der Waals surface area contributed by atoms with E-state index in [1.165, 1.54) is 36.4 Å². The minimum Gasteiger partial charge on any atom is -0.441 e. The van der Waals surface area contributed by atoms with Crippen molar-refractivity contribution in [3.63, 3.8) is 0 Å². The molecule has 0 saturated carbocycles. The maximum absolute atomic E-state index is 13.8. The second kappa shape index (κ2) is 9.60. The molecule has 0 aliphatic carbocycles. The lowest BCUT2D eigenvalue weighted by Crippen LogP contribution is -2.32. The summed E-state index contributed by atoms with van der Waals surface area (Å²) in [5, 5.41) is 0. The first-order chi connectivity index (χ1) is 22.2. The number of hydrogen-bond donors (Lipinski definition) is 0. The van der Waals surface area contributed by atoms with Crippen LogP contribution in [0.5, 0.6) is 0 Å². The van der Waals surface area contributed by atoms with E-state index in [4.69, 9.17) is 4.74 Å². The number of benzene rings is 5. The molecule has 5 aromatic carbocycles. The molecule has 0 saturated heterocycles. The summed E-state index contributed by atoms with van der Waals surface area (Å²) < 4.78 is 33.8. The van der Waals surface area contributed by atoms with Gasteiger partial charge in [0.2, 0.25) is 0 Å². The Morgan fingerprint density at radius 3 is 1.39 bits per heavy atom. The summed E-state index contributed by atoms with van der Waals surface area (Å²) in [7, 11) is 0. The van der Waals surface area contributed by atoms with Crippen molar-refractivity contribution in [1.29, 1.82) is 0 Å². The first kappa shape index (κ1) is 27.3.